The lowest BCUT2D eigenvalue weighted by Gasteiger charge is -2.33. The molecule has 7 heteroatoms. The first-order valence-corrected chi connectivity index (χ1v) is 9.66. The zero-order chi connectivity index (χ0) is 17.8. The number of nitrogens with one attached hydrogen (secondary N) is 2. The monoisotopic (exact) mass is 387 g/mol. The highest BCUT2D eigenvalue weighted by molar-refractivity contribution is 6.42. The van der Waals surface area contributed by atoms with E-state index in [4.69, 9.17) is 23.2 Å². The molecule has 1 aromatic rings. The molecule has 138 valence electrons. The molecule has 2 atom stereocenters. The van der Waals surface area contributed by atoms with Gasteiger partial charge in [-0.1, -0.05) is 29.3 Å². The highest BCUT2D eigenvalue weighted by Gasteiger charge is 2.25. The first-order chi connectivity index (χ1) is 12.0. The summed E-state index contributed by atoms with van der Waals surface area (Å²) in [5.41, 5.74) is 0.841. The van der Waals surface area contributed by atoms with E-state index in [9.17, 15) is 9.18 Å². The topological polar surface area (TPSA) is 44.4 Å². The van der Waals surface area contributed by atoms with E-state index in [1.807, 2.05) is 0 Å². The van der Waals surface area contributed by atoms with Crippen molar-refractivity contribution in [3.05, 3.63) is 33.6 Å². The Hall–Kier alpha value is -0.880. The van der Waals surface area contributed by atoms with Gasteiger partial charge in [-0.25, -0.2) is 4.39 Å². The second-order valence-electron chi connectivity index (χ2n) is 6.97. The zero-order valence-electron chi connectivity index (χ0n) is 14.2. The third-order valence-corrected chi connectivity index (χ3v) is 5.95. The molecule has 4 nitrogen and oxygen atoms in total. The Morgan fingerprint density at radius 2 is 2.12 bits per heavy atom. The maximum Gasteiger partial charge on any atom is 0.237 e. The summed E-state index contributed by atoms with van der Waals surface area (Å²) in [5, 5.41) is 6.59. The molecule has 0 aromatic heterocycles. The van der Waals surface area contributed by atoms with Crippen LogP contribution in [0.15, 0.2) is 12.1 Å². The van der Waals surface area contributed by atoms with Gasteiger partial charge in [0.15, 0.2) is 0 Å². The summed E-state index contributed by atoms with van der Waals surface area (Å²) in [5.74, 6) is 0.0481. The second-order valence-corrected chi connectivity index (χ2v) is 7.73. The average molecular weight is 388 g/mol. The molecule has 1 amide bonds. The molecule has 1 aromatic carbocycles. The molecular weight excluding hydrogens is 364 g/mol. The summed E-state index contributed by atoms with van der Waals surface area (Å²) in [7, 11) is 0. The van der Waals surface area contributed by atoms with E-state index in [0.717, 1.165) is 50.9 Å². The van der Waals surface area contributed by atoms with Crippen molar-refractivity contribution >= 4 is 29.1 Å². The Morgan fingerprint density at radius 3 is 2.88 bits per heavy atom. The second kappa shape index (κ2) is 8.67. The first kappa shape index (κ1) is 18.9. The molecule has 2 heterocycles. The minimum Gasteiger partial charge on any atom is -0.354 e. The fraction of sp³-hybridized carbons (Fsp3) is 0.611. The van der Waals surface area contributed by atoms with Crippen LogP contribution in [0.3, 0.4) is 0 Å². The molecule has 0 spiro atoms. The Balaban J connectivity index is 1.51. The Kier molecular flexibility index (Phi) is 6.55. The van der Waals surface area contributed by atoms with Crippen LogP contribution in [0.25, 0.3) is 0 Å². The van der Waals surface area contributed by atoms with Gasteiger partial charge in [0.05, 0.1) is 16.1 Å². The quantitative estimate of drug-likeness (QED) is 0.762. The van der Waals surface area contributed by atoms with Crippen molar-refractivity contribution in [1.29, 1.82) is 0 Å². The lowest BCUT2D eigenvalue weighted by atomic mass is 9.97. The molecule has 0 aliphatic carbocycles. The number of benzene rings is 1. The number of likely N-dealkylation sites (tertiary alicyclic amines) is 1. The number of rotatable bonds is 5. The molecule has 2 saturated heterocycles. The van der Waals surface area contributed by atoms with E-state index in [1.54, 1.807) is 6.07 Å². The van der Waals surface area contributed by atoms with Crippen LogP contribution >= 0.6 is 23.2 Å². The van der Waals surface area contributed by atoms with Gasteiger partial charge in [-0.3, -0.25) is 9.69 Å². The van der Waals surface area contributed by atoms with Crippen molar-refractivity contribution < 1.29 is 9.18 Å². The highest BCUT2D eigenvalue weighted by Crippen LogP contribution is 2.30. The van der Waals surface area contributed by atoms with Crippen LogP contribution in [-0.2, 0) is 11.3 Å². The van der Waals surface area contributed by atoms with Crippen molar-refractivity contribution in [1.82, 2.24) is 15.5 Å². The van der Waals surface area contributed by atoms with Crippen LogP contribution in [0.1, 0.15) is 31.2 Å². The number of halogens is 3. The van der Waals surface area contributed by atoms with Gasteiger partial charge in [0.1, 0.15) is 5.82 Å². The zero-order valence-corrected chi connectivity index (χ0v) is 15.7. The summed E-state index contributed by atoms with van der Waals surface area (Å²) in [6, 6.07) is 3.03. The lowest BCUT2D eigenvalue weighted by molar-refractivity contribution is -0.123. The van der Waals surface area contributed by atoms with E-state index < -0.39 is 5.82 Å². The molecule has 0 saturated carbocycles. The van der Waals surface area contributed by atoms with Crippen LogP contribution in [0.4, 0.5) is 4.39 Å². The largest absolute Gasteiger partial charge is 0.354 e. The third-order valence-electron chi connectivity index (χ3n) is 5.05. The average Bonchev–Trinajstić information content (AvgIpc) is 3.15. The molecule has 0 radical (unpaired) electrons. The van der Waals surface area contributed by atoms with E-state index >= 15 is 0 Å². The van der Waals surface area contributed by atoms with Gasteiger partial charge in [-0.15, -0.1) is 0 Å². The molecule has 3 rings (SSSR count). The number of carbonyl (C=O) groups excluding carboxylic acids is 1. The molecule has 2 unspecified atom stereocenters. The molecule has 25 heavy (non-hydrogen) atoms. The summed E-state index contributed by atoms with van der Waals surface area (Å²) in [4.78, 5) is 14.4. The fourth-order valence-corrected chi connectivity index (χ4v) is 4.06. The van der Waals surface area contributed by atoms with Crippen LogP contribution < -0.4 is 10.6 Å². The predicted molar refractivity (Wildman–Crippen MR) is 98.5 cm³/mol. The van der Waals surface area contributed by atoms with E-state index in [-0.39, 0.29) is 17.0 Å². The maximum atomic E-state index is 13.4. The summed E-state index contributed by atoms with van der Waals surface area (Å²) >= 11 is 12.1. The maximum absolute atomic E-state index is 13.4. The van der Waals surface area contributed by atoms with Crippen molar-refractivity contribution in [2.45, 2.75) is 38.3 Å². The predicted octanol–water partition coefficient (Wildman–Crippen LogP) is 3.21. The first-order valence-electron chi connectivity index (χ1n) is 8.90. The van der Waals surface area contributed by atoms with E-state index in [0.29, 0.717) is 24.0 Å². The molecular formula is C18H24Cl2FN3O. The number of hydrogen-bond acceptors (Lipinski definition) is 3. The fourth-order valence-electron chi connectivity index (χ4n) is 3.67. The van der Waals surface area contributed by atoms with Crippen LogP contribution in [0.5, 0.6) is 0 Å². The normalized spacial score (nSPS) is 24.4. The Bertz CT molecular complexity index is 623. The van der Waals surface area contributed by atoms with E-state index in [2.05, 4.69) is 15.5 Å². The molecule has 2 N–H and O–H groups in total. The van der Waals surface area contributed by atoms with Crippen molar-refractivity contribution in [2.24, 2.45) is 5.92 Å². The highest BCUT2D eigenvalue weighted by atomic mass is 35.5. The Morgan fingerprint density at radius 1 is 1.28 bits per heavy atom. The summed E-state index contributed by atoms with van der Waals surface area (Å²) in [6.07, 6.45) is 4.17. The minimum atomic E-state index is -0.491. The molecule has 2 fully saturated rings. The summed E-state index contributed by atoms with van der Waals surface area (Å²) in [6.45, 7) is 4.14. The van der Waals surface area contributed by atoms with Gasteiger partial charge < -0.3 is 10.6 Å². The minimum absolute atomic E-state index is 0.0101. The van der Waals surface area contributed by atoms with Crippen molar-refractivity contribution in [3.8, 4) is 0 Å². The van der Waals surface area contributed by atoms with Crippen LogP contribution in [-0.4, -0.2) is 43.0 Å². The van der Waals surface area contributed by atoms with Crippen molar-refractivity contribution in [3.63, 3.8) is 0 Å². The lowest BCUT2D eigenvalue weighted by Crippen LogP contribution is -2.45. The molecule has 0 bridgehead atoms. The SMILES string of the molecule is O=C(NCC1CCCN(Cc2ccc(F)c(Cl)c2Cl)C1)C1CCCN1. The third kappa shape index (κ3) is 4.85. The van der Waals surface area contributed by atoms with Crippen molar-refractivity contribution in [2.75, 3.05) is 26.2 Å². The number of hydrogen-bond donors (Lipinski definition) is 2. The van der Waals surface area contributed by atoms with E-state index in [1.165, 1.54) is 6.07 Å². The Labute approximate surface area is 158 Å². The van der Waals surface area contributed by atoms with Gasteiger partial charge >= 0.3 is 0 Å². The van der Waals surface area contributed by atoms with Crippen LogP contribution in [0, 0.1) is 11.7 Å². The van der Waals surface area contributed by atoms with Gasteiger partial charge in [0.2, 0.25) is 5.91 Å². The van der Waals surface area contributed by atoms with Gasteiger partial charge in [0, 0.05) is 19.6 Å². The van der Waals surface area contributed by atoms with Gasteiger partial charge in [-0.05, 0) is 56.3 Å². The van der Waals surface area contributed by atoms with Gasteiger partial charge in [-0.2, -0.15) is 0 Å². The van der Waals surface area contributed by atoms with Gasteiger partial charge in [0.25, 0.3) is 0 Å². The molecule has 2 aliphatic rings. The summed E-state index contributed by atoms with van der Waals surface area (Å²) < 4.78 is 13.4. The number of amides is 1. The number of piperidine rings is 1. The number of carbonyl (C=O) groups is 1. The number of nitrogens with zero attached hydrogens (tertiary/aromatic N) is 1. The standard InChI is InChI=1S/C18H24Cl2FN3O/c19-16-13(5-6-14(21)17(16)20)11-24-8-2-3-12(10-24)9-23-18(25)15-4-1-7-22-15/h5-6,12,15,22H,1-4,7-11H2,(H,23,25). The van der Waals surface area contributed by atoms with Crippen LogP contribution in [0.2, 0.25) is 10.0 Å². The smallest absolute Gasteiger partial charge is 0.237 e. The molecule has 2 aliphatic heterocycles.